The monoisotopic (exact) mass is 475 g/mol. The Hall–Kier alpha value is -3.16. The van der Waals surface area contributed by atoms with Gasteiger partial charge in [-0.3, -0.25) is 0 Å². The molecule has 164 valence electrons. The van der Waals surface area contributed by atoms with E-state index in [0.717, 1.165) is 5.56 Å². The molecule has 5 nitrogen and oxygen atoms in total. The minimum absolute atomic E-state index is 0.0489. The van der Waals surface area contributed by atoms with Crippen molar-refractivity contribution in [3.63, 3.8) is 0 Å². The molecule has 0 bridgehead atoms. The second-order valence-corrected chi connectivity index (χ2v) is 7.81. The molecule has 1 aliphatic rings. The van der Waals surface area contributed by atoms with Gasteiger partial charge in [0.15, 0.2) is 0 Å². The van der Waals surface area contributed by atoms with Gasteiger partial charge in [-0.2, -0.15) is 13.9 Å². The lowest BCUT2D eigenvalue weighted by molar-refractivity contribution is -0.0498. The molecular formula is C23H17Cl2F2N3O2. The summed E-state index contributed by atoms with van der Waals surface area (Å²) in [7, 11) is 0. The molecule has 0 radical (unpaired) electrons. The molecule has 0 aromatic heterocycles. The average molecular weight is 476 g/mol. The molecule has 0 aliphatic carbocycles. The van der Waals surface area contributed by atoms with Crippen LogP contribution in [0.5, 0.6) is 5.75 Å². The van der Waals surface area contributed by atoms with Crippen molar-refractivity contribution in [3.05, 3.63) is 94.0 Å². The Morgan fingerprint density at radius 2 is 1.75 bits per heavy atom. The van der Waals surface area contributed by atoms with Crippen LogP contribution < -0.4 is 10.1 Å². The predicted octanol–water partition coefficient (Wildman–Crippen LogP) is 6.63. The molecule has 0 spiro atoms. The van der Waals surface area contributed by atoms with Crippen LogP contribution >= 0.6 is 23.2 Å². The number of urea groups is 1. The van der Waals surface area contributed by atoms with E-state index in [-0.39, 0.29) is 11.7 Å². The number of amides is 2. The Morgan fingerprint density at radius 1 is 1.03 bits per heavy atom. The molecule has 32 heavy (non-hydrogen) atoms. The number of hydrazone groups is 1. The lowest BCUT2D eigenvalue weighted by atomic mass is 9.90. The molecule has 1 aliphatic heterocycles. The number of carbonyl (C=O) groups is 1. The number of alkyl halides is 2. The van der Waals surface area contributed by atoms with E-state index in [0.29, 0.717) is 33.6 Å². The number of nitrogens with one attached hydrogen (secondary N) is 1. The summed E-state index contributed by atoms with van der Waals surface area (Å²) >= 11 is 12.0. The number of hydrogen-bond acceptors (Lipinski definition) is 3. The largest absolute Gasteiger partial charge is 0.435 e. The second kappa shape index (κ2) is 9.54. The normalized spacial score (nSPS) is 15.6. The zero-order valence-electron chi connectivity index (χ0n) is 16.5. The summed E-state index contributed by atoms with van der Waals surface area (Å²) in [6.45, 7) is -2.59. The molecular weight excluding hydrogens is 459 g/mol. The minimum Gasteiger partial charge on any atom is -0.435 e. The van der Waals surface area contributed by atoms with E-state index in [1.54, 1.807) is 30.3 Å². The van der Waals surface area contributed by atoms with Crippen molar-refractivity contribution in [2.75, 3.05) is 11.9 Å². The van der Waals surface area contributed by atoms with Crippen LogP contribution in [0.25, 0.3) is 0 Å². The summed E-state index contributed by atoms with van der Waals surface area (Å²) < 4.78 is 29.3. The van der Waals surface area contributed by atoms with Crippen LogP contribution in [0, 0.1) is 0 Å². The van der Waals surface area contributed by atoms with Crippen LogP contribution in [0.4, 0.5) is 19.3 Å². The minimum atomic E-state index is -2.90. The van der Waals surface area contributed by atoms with Gasteiger partial charge < -0.3 is 10.1 Å². The van der Waals surface area contributed by atoms with Crippen LogP contribution in [0.3, 0.4) is 0 Å². The van der Waals surface area contributed by atoms with Gasteiger partial charge in [-0.1, -0.05) is 53.5 Å². The summed E-state index contributed by atoms with van der Waals surface area (Å²) in [5.41, 5.74) is 2.80. The van der Waals surface area contributed by atoms with Crippen molar-refractivity contribution in [1.82, 2.24) is 5.01 Å². The predicted molar refractivity (Wildman–Crippen MR) is 121 cm³/mol. The Balaban J connectivity index is 1.60. The molecule has 3 aromatic rings. The molecule has 1 unspecified atom stereocenters. The number of hydrogen-bond donors (Lipinski definition) is 1. The van der Waals surface area contributed by atoms with E-state index in [4.69, 9.17) is 23.2 Å². The fourth-order valence-electron chi connectivity index (χ4n) is 3.40. The first-order valence-corrected chi connectivity index (χ1v) is 10.4. The summed E-state index contributed by atoms with van der Waals surface area (Å²) in [5.74, 6) is -0.148. The molecule has 0 saturated carbocycles. The average Bonchev–Trinajstić information content (AvgIpc) is 3.23. The Morgan fingerprint density at radius 3 is 2.41 bits per heavy atom. The Bertz CT molecular complexity index is 1140. The maximum Gasteiger partial charge on any atom is 0.387 e. The highest BCUT2D eigenvalue weighted by Crippen LogP contribution is 2.31. The van der Waals surface area contributed by atoms with Crippen molar-refractivity contribution in [2.24, 2.45) is 5.10 Å². The number of rotatable bonds is 5. The van der Waals surface area contributed by atoms with Crippen molar-refractivity contribution in [3.8, 4) is 5.75 Å². The number of benzene rings is 3. The van der Waals surface area contributed by atoms with Crippen molar-refractivity contribution >= 4 is 40.6 Å². The molecule has 2 amide bonds. The highest BCUT2D eigenvalue weighted by atomic mass is 35.5. The van der Waals surface area contributed by atoms with E-state index < -0.39 is 12.6 Å². The molecule has 0 saturated heterocycles. The third-order valence-corrected chi connectivity index (χ3v) is 5.64. The molecule has 0 fully saturated rings. The van der Waals surface area contributed by atoms with E-state index in [1.165, 1.54) is 17.1 Å². The third-order valence-electron chi connectivity index (χ3n) is 4.90. The summed E-state index contributed by atoms with van der Waals surface area (Å²) in [4.78, 5) is 12.9. The zero-order valence-corrected chi connectivity index (χ0v) is 18.0. The lowest BCUT2D eigenvalue weighted by Crippen LogP contribution is -2.30. The standard InChI is InChI=1S/C23H17Cl2F2N3O2/c24-19-11-8-16(12-20(19)25)28-23(31)30-13-18(14-4-2-1-3-5-14)21(29-30)15-6-9-17(10-7-15)32-22(26)27/h1-12,18,22H,13H2,(H,28,31). The van der Waals surface area contributed by atoms with Crippen LogP contribution in [0.15, 0.2) is 77.9 Å². The topological polar surface area (TPSA) is 53.9 Å². The highest BCUT2D eigenvalue weighted by Gasteiger charge is 2.32. The first-order valence-electron chi connectivity index (χ1n) is 9.63. The van der Waals surface area contributed by atoms with Gasteiger partial charge in [-0.05, 0) is 53.6 Å². The first kappa shape index (κ1) is 22.0. The molecule has 1 N–H and O–H groups in total. The van der Waals surface area contributed by atoms with Crippen molar-refractivity contribution in [2.45, 2.75) is 12.5 Å². The quantitative estimate of drug-likeness (QED) is 0.450. The molecule has 3 aromatic carbocycles. The van der Waals surface area contributed by atoms with Gasteiger partial charge in [0.2, 0.25) is 0 Å². The van der Waals surface area contributed by atoms with Gasteiger partial charge in [-0.15, -0.1) is 0 Å². The van der Waals surface area contributed by atoms with Gasteiger partial charge in [0.05, 0.1) is 22.3 Å². The van der Waals surface area contributed by atoms with Crippen LogP contribution in [0.2, 0.25) is 10.0 Å². The third kappa shape index (κ3) is 5.00. The van der Waals surface area contributed by atoms with Crippen LogP contribution in [-0.2, 0) is 0 Å². The summed E-state index contributed by atoms with van der Waals surface area (Å²) in [6, 6.07) is 20.2. The molecule has 9 heteroatoms. The van der Waals surface area contributed by atoms with Gasteiger partial charge in [0, 0.05) is 11.6 Å². The number of anilines is 1. The van der Waals surface area contributed by atoms with Gasteiger partial charge >= 0.3 is 12.6 Å². The fourth-order valence-corrected chi connectivity index (χ4v) is 3.70. The summed E-state index contributed by atoms with van der Waals surface area (Å²) in [6.07, 6.45) is 0. The SMILES string of the molecule is O=C(Nc1ccc(Cl)c(Cl)c1)N1CC(c2ccccc2)C(c2ccc(OC(F)F)cc2)=N1. The summed E-state index contributed by atoms with van der Waals surface area (Å²) in [5, 5.41) is 9.33. The smallest absolute Gasteiger partial charge is 0.387 e. The Kier molecular flexibility index (Phi) is 6.58. The maximum absolute atomic E-state index is 12.9. The van der Waals surface area contributed by atoms with E-state index in [2.05, 4.69) is 15.2 Å². The van der Waals surface area contributed by atoms with E-state index in [1.807, 2.05) is 30.3 Å². The lowest BCUT2D eigenvalue weighted by Gasteiger charge is -2.16. The van der Waals surface area contributed by atoms with Crippen molar-refractivity contribution < 1.29 is 18.3 Å². The number of carbonyl (C=O) groups excluding carboxylic acids is 1. The zero-order chi connectivity index (χ0) is 22.7. The first-order chi connectivity index (χ1) is 15.4. The number of nitrogens with zero attached hydrogens (tertiary/aromatic N) is 2. The molecule has 4 rings (SSSR count). The van der Waals surface area contributed by atoms with Crippen LogP contribution in [-0.4, -0.2) is 29.9 Å². The number of halogens is 4. The van der Waals surface area contributed by atoms with E-state index >= 15 is 0 Å². The molecule has 1 atom stereocenters. The molecule has 1 heterocycles. The van der Waals surface area contributed by atoms with Crippen LogP contribution in [0.1, 0.15) is 17.0 Å². The van der Waals surface area contributed by atoms with E-state index in [9.17, 15) is 13.6 Å². The van der Waals surface area contributed by atoms with Gasteiger partial charge in [-0.25, -0.2) is 9.80 Å². The van der Waals surface area contributed by atoms with Crippen molar-refractivity contribution in [1.29, 1.82) is 0 Å². The highest BCUT2D eigenvalue weighted by molar-refractivity contribution is 6.42. The fraction of sp³-hybridized carbons (Fsp3) is 0.130. The van der Waals surface area contributed by atoms with Gasteiger partial charge in [0.25, 0.3) is 0 Å². The van der Waals surface area contributed by atoms with Gasteiger partial charge in [0.1, 0.15) is 5.75 Å². The number of ether oxygens (including phenoxy) is 1. The Labute approximate surface area is 193 Å². The maximum atomic E-state index is 12.9. The second-order valence-electron chi connectivity index (χ2n) is 6.99.